The van der Waals surface area contributed by atoms with E-state index >= 15 is 0 Å². The van der Waals surface area contributed by atoms with E-state index in [0.29, 0.717) is 12.8 Å². The number of carbonyl (C=O) groups excluding carboxylic acids is 1. The second-order valence-electron chi connectivity index (χ2n) is 6.29. The van der Waals surface area contributed by atoms with Gasteiger partial charge in [-0.3, -0.25) is 9.48 Å². The number of likely N-dealkylation sites (tertiary alicyclic amines) is 1. The molecule has 6 heteroatoms. The predicted molar refractivity (Wildman–Crippen MR) is 91.2 cm³/mol. The standard InChI is InChI=1S/C18H21ClFN3O/c1-22-12-14(11-21-22)17-4-2-3-9-23(17)18(24)8-6-13-5-7-16(20)15(19)10-13/h5,7,10-12,17H,2-4,6,8-9H2,1H3. The van der Waals surface area contributed by atoms with E-state index in [1.807, 2.05) is 24.3 Å². The Kier molecular flexibility index (Phi) is 5.19. The summed E-state index contributed by atoms with van der Waals surface area (Å²) in [4.78, 5) is 14.7. The van der Waals surface area contributed by atoms with Gasteiger partial charge in [0.2, 0.25) is 5.91 Å². The van der Waals surface area contributed by atoms with Crippen molar-refractivity contribution in [3.8, 4) is 0 Å². The van der Waals surface area contributed by atoms with Crippen molar-refractivity contribution in [2.24, 2.45) is 7.05 Å². The third-order valence-corrected chi connectivity index (χ3v) is 4.83. The fourth-order valence-corrected chi connectivity index (χ4v) is 3.48. The van der Waals surface area contributed by atoms with E-state index in [9.17, 15) is 9.18 Å². The van der Waals surface area contributed by atoms with Crippen LogP contribution in [0.25, 0.3) is 0 Å². The summed E-state index contributed by atoms with van der Waals surface area (Å²) in [5, 5.41) is 4.33. The minimum Gasteiger partial charge on any atom is -0.336 e. The molecule has 1 unspecified atom stereocenters. The van der Waals surface area contributed by atoms with Crippen LogP contribution in [0.1, 0.15) is 42.9 Å². The highest BCUT2D eigenvalue weighted by atomic mass is 35.5. The number of amides is 1. The maximum Gasteiger partial charge on any atom is 0.223 e. The van der Waals surface area contributed by atoms with Crippen LogP contribution in [-0.4, -0.2) is 27.1 Å². The Balaban J connectivity index is 1.66. The summed E-state index contributed by atoms with van der Waals surface area (Å²) in [5.41, 5.74) is 1.97. The quantitative estimate of drug-likeness (QED) is 0.839. The Bertz CT molecular complexity index is 731. The molecule has 4 nitrogen and oxygen atoms in total. The van der Waals surface area contributed by atoms with Gasteiger partial charge in [0, 0.05) is 31.8 Å². The first-order valence-corrected chi connectivity index (χ1v) is 8.64. The number of piperidine rings is 1. The first kappa shape index (κ1) is 17.0. The number of benzene rings is 1. The van der Waals surface area contributed by atoms with Crippen LogP contribution in [0.2, 0.25) is 5.02 Å². The highest BCUT2D eigenvalue weighted by Crippen LogP contribution is 2.31. The molecule has 3 rings (SSSR count). The van der Waals surface area contributed by atoms with Crippen LogP contribution in [0.4, 0.5) is 4.39 Å². The maximum absolute atomic E-state index is 13.2. The minimum absolute atomic E-state index is 0.103. The van der Waals surface area contributed by atoms with Gasteiger partial charge in [0.05, 0.1) is 17.3 Å². The average molecular weight is 350 g/mol. The molecule has 1 aromatic heterocycles. The Hall–Kier alpha value is -1.88. The van der Waals surface area contributed by atoms with Crippen LogP contribution < -0.4 is 0 Å². The predicted octanol–water partition coefficient (Wildman–Crippen LogP) is 3.90. The number of nitrogens with zero attached hydrogens (tertiary/aromatic N) is 3. The van der Waals surface area contributed by atoms with Gasteiger partial charge < -0.3 is 4.90 Å². The lowest BCUT2D eigenvalue weighted by atomic mass is 9.96. The first-order chi connectivity index (χ1) is 11.5. The summed E-state index contributed by atoms with van der Waals surface area (Å²) in [6, 6.07) is 4.74. The molecular formula is C18H21ClFN3O. The second-order valence-corrected chi connectivity index (χ2v) is 6.70. The lowest BCUT2D eigenvalue weighted by Gasteiger charge is -2.35. The van der Waals surface area contributed by atoms with E-state index in [-0.39, 0.29) is 17.0 Å². The van der Waals surface area contributed by atoms with Crippen LogP contribution >= 0.6 is 11.6 Å². The summed E-state index contributed by atoms with van der Waals surface area (Å²) in [7, 11) is 1.89. The molecule has 0 radical (unpaired) electrons. The molecule has 0 aliphatic carbocycles. The van der Waals surface area contributed by atoms with E-state index in [2.05, 4.69) is 5.10 Å². The monoisotopic (exact) mass is 349 g/mol. The molecule has 1 aliphatic rings. The molecule has 0 spiro atoms. The van der Waals surface area contributed by atoms with Gasteiger partial charge in [-0.15, -0.1) is 0 Å². The molecular weight excluding hydrogens is 329 g/mol. The first-order valence-electron chi connectivity index (χ1n) is 8.26. The van der Waals surface area contributed by atoms with Crippen LogP contribution in [0.3, 0.4) is 0 Å². The van der Waals surface area contributed by atoms with Crippen molar-refractivity contribution in [3.05, 3.63) is 52.6 Å². The third kappa shape index (κ3) is 3.78. The highest BCUT2D eigenvalue weighted by Gasteiger charge is 2.28. The molecule has 1 saturated heterocycles. The molecule has 1 aromatic carbocycles. The van der Waals surface area contributed by atoms with Crippen LogP contribution in [0, 0.1) is 5.82 Å². The van der Waals surface area contributed by atoms with Gasteiger partial charge in [0.25, 0.3) is 0 Å². The lowest BCUT2D eigenvalue weighted by Crippen LogP contribution is -2.38. The van der Waals surface area contributed by atoms with Gasteiger partial charge in [0.15, 0.2) is 0 Å². The average Bonchev–Trinajstić information content (AvgIpc) is 3.02. The lowest BCUT2D eigenvalue weighted by molar-refractivity contribution is -0.135. The molecule has 2 heterocycles. The Morgan fingerprint density at radius 1 is 1.42 bits per heavy atom. The summed E-state index contributed by atoms with van der Waals surface area (Å²) < 4.78 is 15.0. The molecule has 1 atom stereocenters. The fraction of sp³-hybridized carbons (Fsp3) is 0.444. The van der Waals surface area contributed by atoms with E-state index in [1.165, 1.54) is 6.07 Å². The molecule has 0 saturated carbocycles. The molecule has 1 aliphatic heterocycles. The molecule has 128 valence electrons. The van der Waals surface area contributed by atoms with Crippen molar-refractivity contribution >= 4 is 17.5 Å². The summed E-state index contributed by atoms with van der Waals surface area (Å²) >= 11 is 5.80. The fourth-order valence-electron chi connectivity index (χ4n) is 3.28. The number of hydrogen-bond donors (Lipinski definition) is 0. The zero-order valence-electron chi connectivity index (χ0n) is 13.7. The van der Waals surface area contributed by atoms with Gasteiger partial charge >= 0.3 is 0 Å². The van der Waals surface area contributed by atoms with Gasteiger partial charge in [-0.05, 0) is 43.4 Å². The third-order valence-electron chi connectivity index (χ3n) is 4.54. The highest BCUT2D eigenvalue weighted by molar-refractivity contribution is 6.30. The smallest absolute Gasteiger partial charge is 0.223 e. The molecule has 0 N–H and O–H groups in total. The zero-order valence-corrected chi connectivity index (χ0v) is 14.5. The molecule has 0 bridgehead atoms. The van der Waals surface area contributed by atoms with Crippen molar-refractivity contribution in [3.63, 3.8) is 0 Å². The Morgan fingerprint density at radius 2 is 2.25 bits per heavy atom. The normalized spacial score (nSPS) is 18.0. The molecule has 24 heavy (non-hydrogen) atoms. The van der Waals surface area contributed by atoms with E-state index in [1.54, 1.807) is 16.8 Å². The van der Waals surface area contributed by atoms with Gasteiger partial charge in [-0.2, -0.15) is 5.10 Å². The molecule has 1 amide bonds. The summed E-state index contributed by atoms with van der Waals surface area (Å²) in [6.45, 7) is 0.780. The van der Waals surface area contributed by atoms with E-state index in [4.69, 9.17) is 11.6 Å². The van der Waals surface area contributed by atoms with E-state index in [0.717, 1.165) is 36.9 Å². The molecule has 2 aromatic rings. The number of rotatable bonds is 4. The van der Waals surface area contributed by atoms with Gasteiger partial charge in [-0.1, -0.05) is 17.7 Å². The van der Waals surface area contributed by atoms with Crippen molar-refractivity contribution < 1.29 is 9.18 Å². The largest absolute Gasteiger partial charge is 0.336 e. The summed E-state index contributed by atoms with van der Waals surface area (Å²) in [5.74, 6) is -0.302. The van der Waals surface area contributed by atoms with Crippen LogP contribution in [0.15, 0.2) is 30.6 Å². The Labute approximate surface area is 146 Å². The zero-order chi connectivity index (χ0) is 17.1. The van der Waals surface area contributed by atoms with Crippen LogP contribution in [-0.2, 0) is 18.3 Å². The Morgan fingerprint density at radius 3 is 2.96 bits per heavy atom. The minimum atomic E-state index is -0.431. The van der Waals surface area contributed by atoms with Gasteiger partial charge in [0.1, 0.15) is 5.82 Å². The van der Waals surface area contributed by atoms with Crippen molar-refractivity contribution in [1.82, 2.24) is 14.7 Å². The number of carbonyl (C=O) groups is 1. The van der Waals surface area contributed by atoms with Crippen molar-refractivity contribution in [2.75, 3.05) is 6.54 Å². The van der Waals surface area contributed by atoms with Gasteiger partial charge in [-0.25, -0.2) is 4.39 Å². The second kappa shape index (κ2) is 7.34. The van der Waals surface area contributed by atoms with Crippen LogP contribution in [0.5, 0.6) is 0 Å². The summed E-state index contributed by atoms with van der Waals surface area (Å²) in [6.07, 6.45) is 7.92. The van der Waals surface area contributed by atoms with E-state index < -0.39 is 5.82 Å². The maximum atomic E-state index is 13.2. The SMILES string of the molecule is Cn1cc(C2CCCCN2C(=O)CCc2ccc(F)c(Cl)c2)cn1. The van der Waals surface area contributed by atoms with Crippen molar-refractivity contribution in [2.45, 2.75) is 38.1 Å². The topological polar surface area (TPSA) is 38.1 Å². The number of aryl methyl sites for hydroxylation is 2. The number of aromatic nitrogens is 2. The van der Waals surface area contributed by atoms with Crippen molar-refractivity contribution in [1.29, 1.82) is 0 Å². The number of halogens is 2. The number of hydrogen-bond acceptors (Lipinski definition) is 2. The molecule has 1 fully saturated rings.